The lowest BCUT2D eigenvalue weighted by molar-refractivity contribution is 0.590. The number of nitrogens with zero attached hydrogens (tertiary/aromatic N) is 1. The predicted molar refractivity (Wildman–Crippen MR) is 90.0 cm³/mol. The molecule has 0 amide bonds. The van der Waals surface area contributed by atoms with Gasteiger partial charge in [0, 0.05) is 17.1 Å². The molecule has 1 aromatic carbocycles. The molecule has 106 valence electrons. The van der Waals surface area contributed by atoms with E-state index in [1.807, 2.05) is 6.07 Å². The number of hydrogen-bond acceptors (Lipinski definition) is 3. The van der Waals surface area contributed by atoms with Crippen molar-refractivity contribution in [3.05, 3.63) is 64.4 Å². The Hall–Kier alpha value is -2.00. The number of rotatable bonds is 1. The molecule has 2 heterocycles. The zero-order chi connectivity index (χ0) is 15.0. The summed E-state index contributed by atoms with van der Waals surface area (Å²) in [6.07, 6.45) is 1.73. The Kier molecular flexibility index (Phi) is 3.38. The fraction of sp³-hybridized carbons (Fsp3) is 0.222. The van der Waals surface area contributed by atoms with Crippen LogP contribution in [0.3, 0.4) is 0 Å². The van der Waals surface area contributed by atoms with Crippen molar-refractivity contribution in [2.24, 2.45) is 0 Å². The summed E-state index contributed by atoms with van der Waals surface area (Å²) in [6, 6.07) is 13.8. The van der Waals surface area contributed by atoms with Gasteiger partial charge in [0.05, 0.1) is 5.39 Å². The second kappa shape index (κ2) is 5.08. The maximum atomic E-state index is 12.2. The van der Waals surface area contributed by atoms with E-state index in [1.165, 1.54) is 5.56 Å². The van der Waals surface area contributed by atoms with Gasteiger partial charge in [-0.15, -0.1) is 11.3 Å². The Balaban J connectivity index is 2.10. The number of fused-ring (bicyclic) bond motifs is 1. The summed E-state index contributed by atoms with van der Waals surface area (Å²) >= 11 is 1.56. The van der Waals surface area contributed by atoms with Crippen molar-refractivity contribution < 1.29 is 0 Å². The third-order valence-electron chi connectivity index (χ3n) is 3.54. The van der Waals surface area contributed by atoms with Crippen molar-refractivity contribution in [2.75, 3.05) is 0 Å². The summed E-state index contributed by atoms with van der Waals surface area (Å²) in [5, 5.41) is 0.692. The second-order valence-electron chi connectivity index (χ2n) is 6.16. The highest BCUT2D eigenvalue weighted by atomic mass is 32.1. The molecule has 0 spiro atoms. The molecule has 3 rings (SSSR count). The van der Waals surface area contributed by atoms with Crippen molar-refractivity contribution >= 4 is 21.6 Å². The largest absolute Gasteiger partial charge is 0.289 e. The van der Waals surface area contributed by atoms with E-state index in [0.717, 1.165) is 15.3 Å². The molecule has 0 saturated heterocycles. The Morgan fingerprint density at radius 3 is 2.43 bits per heavy atom. The number of hydrogen-bond donors (Lipinski definition) is 0. The van der Waals surface area contributed by atoms with Gasteiger partial charge in [-0.3, -0.25) is 4.79 Å². The molecular formula is C18H17NOS. The van der Waals surface area contributed by atoms with Gasteiger partial charge in [-0.25, -0.2) is 4.98 Å². The first-order chi connectivity index (χ1) is 9.95. The molecule has 0 fully saturated rings. The molecule has 0 radical (unpaired) electrons. The average molecular weight is 295 g/mol. The molecule has 0 aliphatic heterocycles. The molecule has 3 heteroatoms. The summed E-state index contributed by atoms with van der Waals surface area (Å²) in [7, 11) is 0. The third kappa shape index (κ3) is 2.74. The molecule has 0 aliphatic rings. The number of aromatic nitrogens is 1. The van der Waals surface area contributed by atoms with Crippen LogP contribution in [0, 0.1) is 0 Å². The predicted octanol–water partition coefficient (Wildman–Crippen LogP) is 4.62. The van der Waals surface area contributed by atoms with E-state index in [-0.39, 0.29) is 10.8 Å². The monoisotopic (exact) mass is 295 g/mol. The van der Waals surface area contributed by atoms with Crippen molar-refractivity contribution in [3.63, 3.8) is 0 Å². The zero-order valence-corrected chi connectivity index (χ0v) is 13.2. The normalized spacial score (nSPS) is 11.8. The first kappa shape index (κ1) is 14.0. The third-order valence-corrected chi connectivity index (χ3v) is 4.63. The van der Waals surface area contributed by atoms with Crippen LogP contribution in [-0.4, -0.2) is 4.98 Å². The second-order valence-corrected chi connectivity index (χ2v) is 7.19. The van der Waals surface area contributed by atoms with E-state index in [4.69, 9.17) is 0 Å². The minimum Gasteiger partial charge on any atom is -0.289 e. The summed E-state index contributed by atoms with van der Waals surface area (Å²) in [4.78, 5) is 18.2. The molecule has 0 unspecified atom stereocenters. The van der Waals surface area contributed by atoms with Crippen LogP contribution >= 0.6 is 11.3 Å². The summed E-state index contributed by atoms with van der Waals surface area (Å²) < 4.78 is 0. The molecule has 21 heavy (non-hydrogen) atoms. The van der Waals surface area contributed by atoms with Crippen molar-refractivity contribution in [1.82, 2.24) is 4.98 Å². The van der Waals surface area contributed by atoms with E-state index in [0.29, 0.717) is 5.39 Å². The Labute approximate surface area is 128 Å². The van der Waals surface area contributed by atoms with Gasteiger partial charge in [-0.05, 0) is 28.7 Å². The maximum Gasteiger partial charge on any atom is 0.190 e. The molecule has 0 aliphatic carbocycles. The van der Waals surface area contributed by atoms with Crippen LogP contribution in [0.2, 0.25) is 0 Å². The highest BCUT2D eigenvalue weighted by molar-refractivity contribution is 7.21. The first-order valence-electron chi connectivity index (χ1n) is 6.95. The van der Waals surface area contributed by atoms with E-state index in [9.17, 15) is 4.79 Å². The lowest BCUT2D eigenvalue weighted by Gasteiger charge is -2.19. The zero-order valence-electron chi connectivity index (χ0n) is 12.4. The van der Waals surface area contributed by atoms with Crippen LogP contribution in [0.5, 0.6) is 0 Å². The van der Waals surface area contributed by atoms with Gasteiger partial charge in [-0.1, -0.05) is 45.0 Å². The molecule has 0 saturated carbocycles. The minimum atomic E-state index is 0.0340. The van der Waals surface area contributed by atoms with Crippen LogP contribution in [-0.2, 0) is 5.41 Å². The maximum absolute atomic E-state index is 12.2. The average Bonchev–Trinajstić information content (AvgIpc) is 2.46. The van der Waals surface area contributed by atoms with Gasteiger partial charge in [-0.2, -0.15) is 0 Å². The number of benzene rings is 1. The van der Waals surface area contributed by atoms with Crippen LogP contribution in [0.15, 0.2) is 53.5 Å². The Morgan fingerprint density at radius 1 is 1.05 bits per heavy atom. The topological polar surface area (TPSA) is 30.0 Å². The Bertz CT molecular complexity index is 841. The van der Waals surface area contributed by atoms with Gasteiger partial charge < -0.3 is 0 Å². The quantitative estimate of drug-likeness (QED) is 0.655. The van der Waals surface area contributed by atoms with E-state index in [2.05, 4.69) is 50.0 Å². The van der Waals surface area contributed by atoms with E-state index < -0.39 is 0 Å². The van der Waals surface area contributed by atoms with Gasteiger partial charge in [0.15, 0.2) is 5.43 Å². The SMILES string of the molecule is CC(C)(C)c1ccc(-c2cc(=O)c3cccnc3s2)cc1. The minimum absolute atomic E-state index is 0.0340. The van der Waals surface area contributed by atoms with Gasteiger partial charge in [0.2, 0.25) is 0 Å². The highest BCUT2D eigenvalue weighted by Crippen LogP contribution is 2.29. The summed E-state index contributed by atoms with van der Waals surface area (Å²) in [5.74, 6) is 0. The summed E-state index contributed by atoms with van der Waals surface area (Å²) in [6.45, 7) is 6.58. The van der Waals surface area contributed by atoms with Crippen LogP contribution in [0.1, 0.15) is 26.3 Å². The molecular weight excluding hydrogens is 278 g/mol. The molecule has 3 aromatic rings. The van der Waals surface area contributed by atoms with Crippen molar-refractivity contribution in [2.45, 2.75) is 26.2 Å². The molecule has 2 nitrogen and oxygen atoms in total. The van der Waals surface area contributed by atoms with Crippen molar-refractivity contribution in [3.8, 4) is 10.4 Å². The fourth-order valence-electron chi connectivity index (χ4n) is 2.27. The molecule has 0 N–H and O–H groups in total. The van der Waals surface area contributed by atoms with E-state index >= 15 is 0 Å². The summed E-state index contributed by atoms with van der Waals surface area (Å²) in [5.41, 5.74) is 2.53. The lowest BCUT2D eigenvalue weighted by atomic mass is 9.86. The molecule has 2 aromatic heterocycles. The van der Waals surface area contributed by atoms with Crippen LogP contribution < -0.4 is 5.43 Å². The van der Waals surface area contributed by atoms with E-state index in [1.54, 1.807) is 29.7 Å². The van der Waals surface area contributed by atoms with Crippen molar-refractivity contribution in [1.29, 1.82) is 0 Å². The number of pyridine rings is 1. The van der Waals surface area contributed by atoms with Crippen LogP contribution in [0.25, 0.3) is 20.7 Å². The Morgan fingerprint density at radius 2 is 1.76 bits per heavy atom. The molecule has 0 bridgehead atoms. The van der Waals surface area contributed by atoms with Crippen LogP contribution in [0.4, 0.5) is 0 Å². The lowest BCUT2D eigenvalue weighted by Crippen LogP contribution is -2.10. The smallest absolute Gasteiger partial charge is 0.190 e. The first-order valence-corrected chi connectivity index (χ1v) is 7.76. The van der Waals surface area contributed by atoms with Gasteiger partial charge >= 0.3 is 0 Å². The highest BCUT2D eigenvalue weighted by Gasteiger charge is 2.13. The van der Waals surface area contributed by atoms with Gasteiger partial charge in [0.25, 0.3) is 0 Å². The van der Waals surface area contributed by atoms with Gasteiger partial charge in [0.1, 0.15) is 4.83 Å². The molecule has 0 atom stereocenters. The fourth-order valence-corrected chi connectivity index (χ4v) is 3.29. The standard InChI is InChI=1S/C18H17NOS/c1-18(2,3)13-8-6-12(7-9-13)16-11-15(20)14-5-4-10-19-17(14)21-16/h4-11H,1-3H3.